The van der Waals surface area contributed by atoms with Gasteiger partial charge in [0.2, 0.25) is 6.33 Å². The lowest BCUT2D eigenvalue weighted by atomic mass is 10.1. The van der Waals surface area contributed by atoms with E-state index in [0.717, 1.165) is 44.6 Å². The molecular weight excluding hydrogens is 756 g/mol. The molecule has 0 aliphatic rings. The fraction of sp³-hybridized carbons (Fsp3) is 0.174. The van der Waals surface area contributed by atoms with Crippen molar-refractivity contribution in [1.82, 2.24) is 24.3 Å². The molecule has 0 bridgehead atoms. The summed E-state index contributed by atoms with van der Waals surface area (Å²) < 4.78 is 9.55. The van der Waals surface area contributed by atoms with Gasteiger partial charge < -0.3 is 26.9 Å². The number of rotatable bonds is 6. The monoisotopic (exact) mass is 808 g/mol. The highest BCUT2D eigenvalue weighted by molar-refractivity contribution is 5.93. The average molecular weight is 809 g/mol. The molecule has 2 N–H and O–H groups in total. The van der Waals surface area contributed by atoms with Gasteiger partial charge >= 0.3 is 5.95 Å². The van der Waals surface area contributed by atoms with Gasteiger partial charge in [-0.1, -0.05) is 86.7 Å². The summed E-state index contributed by atoms with van der Waals surface area (Å²) in [5, 5.41) is 24.9. The molecule has 0 aliphatic heterocycles. The highest BCUT2D eigenvalue weighted by atomic mass is 35.5. The van der Waals surface area contributed by atoms with Crippen molar-refractivity contribution in [3.05, 3.63) is 157 Å². The Labute approximate surface area is 352 Å². The molecule has 6 heterocycles. The number of halogens is 1. The molecule has 6 aromatic heterocycles. The van der Waals surface area contributed by atoms with Crippen LogP contribution in [0.25, 0.3) is 44.9 Å². The van der Waals surface area contributed by atoms with Crippen molar-refractivity contribution in [3.8, 4) is 0 Å². The van der Waals surface area contributed by atoms with E-state index in [1.54, 1.807) is 11.0 Å². The quantitative estimate of drug-likeness (QED) is 0.133. The Bertz CT molecular complexity index is 2820. The van der Waals surface area contributed by atoms with Crippen LogP contribution >= 0.6 is 0 Å². The summed E-state index contributed by atoms with van der Waals surface area (Å²) in [6.07, 6.45) is 18.0. The summed E-state index contributed by atoms with van der Waals surface area (Å²) in [6.45, 7) is 2.01. The van der Waals surface area contributed by atoms with Crippen LogP contribution in [0.1, 0.15) is 31.7 Å². The first kappa shape index (κ1) is 44.7. The van der Waals surface area contributed by atoms with E-state index in [4.69, 9.17) is 0 Å². The van der Waals surface area contributed by atoms with Crippen LogP contribution in [0.15, 0.2) is 161 Å². The van der Waals surface area contributed by atoms with Crippen molar-refractivity contribution in [1.29, 1.82) is 0 Å². The zero-order valence-corrected chi connectivity index (χ0v) is 33.5. The Morgan fingerprint density at radius 1 is 0.678 bits per heavy atom. The number of aromatic amines is 2. The molecule has 9 rings (SSSR count). The maximum Gasteiger partial charge on any atom is 0.403 e. The molecule has 0 atom stereocenters. The van der Waals surface area contributed by atoms with Crippen LogP contribution in [0.5, 0.6) is 0 Å². The summed E-state index contributed by atoms with van der Waals surface area (Å²) in [6, 6.07) is 32.7. The summed E-state index contributed by atoms with van der Waals surface area (Å²) in [5.74, 6) is 0.702. The van der Waals surface area contributed by atoms with E-state index in [2.05, 4.69) is 103 Å². The van der Waals surface area contributed by atoms with Gasteiger partial charge in [-0.25, -0.2) is 13.7 Å². The molecule has 0 aliphatic carbocycles. The third-order valence-electron chi connectivity index (χ3n) is 9.26. The number of nitrogens with one attached hydrogen (secondary N) is 2. The van der Waals surface area contributed by atoms with Gasteiger partial charge in [0.25, 0.3) is 0 Å². The van der Waals surface area contributed by atoms with Gasteiger partial charge in [-0.15, -0.1) is 14.9 Å². The Morgan fingerprint density at radius 3 is 2.07 bits per heavy atom. The van der Waals surface area contributed by atoms with Gasteiger partial charge in [-0.2, -0.15) is 0 Å². The minimum absolute atomic E-state index is 0. The molecule has 12 nitrogen and oxygen atoms in total. The molecule has 0 amide bonds. The summed E-state index contributed by atoms with van der Waals surface area (Å²) >= 11 is 0. The van der Waals surface area contributed by atoms with Crippen molar-refractivity contribution in [2.75, 3.05) is 0 Å². The Balaban J connectivity index is 0.000000191. The number of fused-ring (bicyclic) bond motifs is 3. The van der Waals surface area contributed by atoms with E-state index in [1.807, 2.05) is 140 Å². The molecule has 9 aromatic rings. The van der Waals surface area contributed by atoms with Crippen LogP contribution in [-0.4, -0.2) is 24.3 Å². The zero-order chi connectivity index (χ0) is 39.0. The van der Waals surface area contributed by atoms with Crippen molar-refractivity contribution < 1.29 is 26.1 Å². The number of hydrogen-bond donors (Lipinski definition) is 2. The van der Waals surface area contributed by atoms with Crippen molar-refractivity contribution >= 4 is 67.9 Å². The molecule has 0 fully saturated rings. The fourth-order valence-electron chi connectivity index (χ4n) is 6.29. The third-order valence-corrected chi connectivity index (χ3v) is 9.26. The Morgan fingerprint density at radius 2 is 1.36 bits per heavy atom. The van der Waals surface area contributed by atoms with E-state index in [-0.39, 0.29) is 27.3 Å². The number of benzene rings is 3. The van der Waals surface area contributed by atoms with E-state index in [1.165, 1.54) is 22.0 Å². The first-order valence-corrected chi connectivity index (χ1v) is 18.2. The third kappa shape index (κ3) is 10.7. The SMILES string of the molecule is C.C.C[n+]1ccc(C=Cc2c[nH]c3ccccc23)cc1.Cc1[nH]c2ccccc2c1N=Nc1ccc[n+](C)c1.Cn1nc[n+](C)c1N=Nc1cn(C)c2ccccc12.[Cl-]. The van der Waals surface area contributed by atoms with Crippen molar-refractivity contribution in [3.63, 3.8) is 0 Å². The molecule has 0 unspecified atom stereocenters. The smallest absolute Gasteiger partial charge is 0.403 e. The van der Waals surface area contributed by atoms with Gasteiger partial charge in [0.05, 0.1) is 19.6 Å². The maximum absolute atomic E-state index is 4.39. The fourth-order valence-corrected chi connectivity index (χ4v) is 6.29. The van der Waals surface area contributed by atoms with E-state index in [9.17, 15) is 0 Å². The van der Waals surface area contributed by atoms with Gasteiger partial charge in [0, 0.05) is 75.6 Å². The van der Waals surface area contributed by atoms with E-state index >= 15 is 0 Å². The number of azo groups is 2. The molecule has 59 heavy (non-hydrogen) atoms. The standard InChI is InChI=1S/C16H14N2.C15H15N4.C13H15N6.2CH4.ClH/c1-18-10-8-13(9-11-18)6-7-14-12-17-16-5-3-2-4-15(14)16;1-11-15(13-7-3-4-8-14(13)16-11)18-17-12-6-5-9-19(2)10-12;1-17-8-11(10-6-4-5-7-12(10)17)15-16-13-18(2)9-14-19(13)3;;;/h2-12H,1H3;3-10,16H,1-2H3;4-9H,1-3H3;2*1H4;1H/q;2*+1;;;. The number of nitrogens with zero attached hydrogens (tertiary/aromatic N) is 10. The molecule has 0 radical (unpaired) electrons. The molecule has 302 valence electrons. The first-order valence-electron chi connectivity index (χ1n) is 18.2. The van der Waals surface area contributed by atoms with Crippen LogP contribution < -0.4 is 26.1 Å². The maximum atomic E-state index is 4.39. The van der Waals surface area contributed by atoms with Crippen LogP contribution in [0, 0.1) is 6.92 Å². The van der Waals surface area contributed by atoms with Crippen LogP contribution in [-0.2, 0) is 35.2 Å². The second-order valence-electron chi connectivity index (χ2n) is 13.5. The highest BCUT2D eigenvalue weighted by Gasteiger charge is 2.13. The van der Waals surface area contributed by atoms with Crippen LogP contribution in [0.4, 0.5) is 23.0 Å². The van der Waals surface area contributed by atoms with Gasteiger partial charge in [0.1, 0.15) is 31.2 Å². The van der Waals surface area contributed by atoms with Crippen LogP contribution in [0.3, 0.4) is 0 Å². The molecular formula is C46H53ClN12+2. The summed E-state index contributed by atoms with van der Waals surface area (Å²) in [4.78, 5) is 6.59. The van der Waals surface area contributed by atoms with Gasteiger partial charge in [-0.3, -0.25) is 0 Å². The molecule has 13 heteroatoms. The lowest BCUT2D eigenvalue weighted by molar-refractivity contribution is -0.671. The number of para-hydroxylation sites is 3. The summed E-state index contributed by atoms with van der Waals surface area (Å²) in [5.41, 5.74) is 9.48. The topological polar surface area (TPSA) is 115 Å². The molecule has 0 spiro atoms. The minimum atomic E-state index is 0. The minimum Gasteiger partial charge on any atom is -1.00 e. The Kier molecular flexibility index (Phi) is 15.4. The van der Waals surface area contributed by atoms with Gasteiger partial charge in [-0.05, 0) is 47.4 Å². The molecule has 0 saturated heterocycles. The largest absolute Gasteiger partial charge is 1.00 e. The molecule has 0 saturated carbocycles. The first-order chi connectivity index (χ1) is 27.2. The lowest BCUT2D eigenvalue weighted by Crippen LogP contribution is -3.00. The van der Waals surface area contributed by atoms with E-state index < -0.39 is 0 Å². The number of pyridine rings is 2. The number of aromatic nitrogens is 8. The van der Waals surface area contributed by atoms with Gasteiger partial charge in [0.15, 0.2) is 24.8 Å². The van der Waals surface area contributed by atoms with Crippen molar-refractivity contribution in [2.45, 2.75) is 21.8 Å². The number of hydrogen-bond acceptors (Lipinski definition) is 5. The number of H-pyrrole nitrogens is 2. The van der Waals surface area contributed by atoms with Crippen molar-refractivity contribution in [2.24, 2.45) is 55.7 Å². The second kappa shape index (κ2) is 20.4. The average Bonchev–Trinajstić information content (AvgIpc) is 3.96. The molecule has 3 aromatic carbocycles. The zero-order valence-electron chi connectivity index (χ0n) is 32.8. The predicted octanol–water partition coefficient (Wildman–Crippen LogP) is 7.31. The number of aryl methyl sites for hydroxylation is 6. The predicted molar refractivity (Wildman–Crippen MR) is 235 cm³/mol. The highest BCUT2D eigenvalue weighted by Crippen LogP contribution is 2.31. The summed E-state index contributed by atoms with van der Waals surface area (Å²) in [7, 11) is 9.73. The van der Waals surface area contributed by atoms with E-state index in [0.29, 0.717) is 5.95 Å². The Hall–Kier alpha value is -7.05. The van der Waals surface area contributed by atoms with Crippen LogP contribution in [0.2, 0.25) is 0 Å². The second-order valence-corrected chi connectivity index (χ2v) is 13.5. The lowest BCUT2D eigenvalue weighted by Gasteiger charge is -1.92. The normalized spacial score (nSPS) is 10.9.